The van der Waals surface area contributed by atoms with Crippen molar-refractivity contribution in [3.63, 3.8) is 0 Å². The van der Waals surface area contributed by atoms with Crippen LogP contribution in [0.5, 0.6) is 0 Å². The second-order valence-electron chi connectivity index (χ2n) is 3.65. The third-order valence-corrected chi connectivity index (χ3v) is 3.03. The maximum atomic E-state index is 9.19. The Morgan fingerprint density at radius 3 is 2.37 bits per heavy atom. The molecule has 0 amide bonds. The van der Waals surface area contributed by atoms with Gasteiger partial charge >= 0.3 is 0 Å². The van der Waals surface area contributed by atoms with Gasteiger partial charge in [-0.3, -0.25) is 0 Å². The summed E-state index contributed by atoms with van der Waals surface area (Å²) in [6.45, 7) is 0. The average molecular weight is 289 g/mol. The summed E-state index contributed by atoms with van der Waals surface area (Å²) in [7, 11) is 0. The van der Waals surface area contributed by atoms with Gasteiger partial charge in [0.05, 0.1) is 5.56 Å². The van der Waals surface area contributed by atoms with Gasteiger partial charge in [0.15, 0.2) is 0 Å². The molecule has 1 aromatic heterocycles. The van der Waals surface area contributed by atoms with Crippen molar-refractivity contribution >= 4 is 29.0 Å². The third kappa shape index (κ3) is 2.32. The topological polar surface area (TPSA) is 86.5 Å². The van der Waals surface area contributed by atoms with Crippen LogP contribution in [0.1, 0.15) is 11.1 Å². The van der Waals surface area contributed by atoms with Gasteiger partial charge in [-0.25, -0.2) is 4.98 Å². The molecule has 1 heterocycles. The minimum absolute atomic E-state index is 0.0125. The fourth-order valence-electron chi connectivity index (χ4n) is 1.72. The summed E-state index contributed by atoms with van der Waals surface area (Å²) in [5.41, 5.74) is 6.84. The van der Waals surface area contributed by atoms with E-state index in [1.807, 2.05) is 12.1 Å². The molecular formula is C13H6Cl2N4. The molecule has 2 aromatic rings. The SMILES string of the molecule is N#Cc1c(N)nc(Cl)c(C#N)c1-c1cccc(Cl)c1. The van der Waals surface area contributed by atoms with E-state index in [1.54, 1.807) is 24.3 Å². The third-order valence-electron chi connectivity index (χ3n) is 2.52. The van der Waals surface area contributed by atoms with Crippen molar-refractivity contribution in [1.82, 2.24) is 4.98 Å². The van der Waals surface area contributed by atoms with Crippen molar-refractivity contribution in [2.75, 3.05) is 5.73 Å². The molecule has 19 heavy (non-hydrogen) atoms. The van der Waals surface area contributed by atoms with Gasteiger partial charge in [0.1, 0.15) is 28.7 Å². The zero-order valence-corrected chi connectivity index (χ0v) is 11.0. The highest BCUT2D eigenvalue weighted by molar-refractivity contribution is 6.32. The first-order valence-corrected chi connectivity index (χ1v) is 5.89. The molecule has 0 aliphatic rings. The standard InChI is InChI=1S/C13H6Cl2N4/c14-8-3-1-2-7(4-8)11-9(5-16)12(15)19-13(18)10(11)6-17/h1-4H,(H2,18,19). The van der Waals surface area contributed by atoms with E-state index in [4.69, 9.17) is 28.9 Å². The molecule has 0 fully saturated rings. The van der Waals surface area contributed by atoms with Crippen LogP contribution in [0.25, 0.3) is 11.1 Å². The van der Waals surface area contributed by atoms with Gasteiger partial charge < -0.3 is 5.73 Å². The Morgan fingerprint density at radius 1 is 1.11 bits per heavy atom. The molecule has 1 aromatic carbocycles. The highest BCUT2D eigenvalue weighted by Crippen LogP contribution is 2.34. The lowest BCUT2D eigenvalue weighted by molar-refractivity contribution is 1.29. The Kier molecular flexibility index (Phi) is 3.57. The van der Waals surface area contributed by atoms with E-state index in [0.717, 1.165) is 0 Å². The summed E-state index contributed by atoms with van der Waals surface area (Å²) >= 11 is 11.8. The van der Waals surface area contributed by atoms with Gasteiger partial charge in [0, 0.05) is 10.6 Å². The van der Waals surface area contributed by atoms with Gasteiger partial charge in [0.25, 0.3) is 0 Å². The molecule has 0 aliphatic carbocycles. The molecule has 0 radical (unpaired) electrons. The summed E-state index contributed by atoms with van der Waals surface area (Å²) in [4.78, 5) is 3.79. The second-order valence-corrected chi connectivity index (χ2v) is 4.44. The Hall–Kier alpha value is -2.27. The summed E-state index contributed by atoms with van der Waals surface area (Å²) < 4.78 is 0. The number of aromatic nitrogens is 1. The number of rotatable bonds is 1. The summed E-state index contributed by atoms with van der Waals surface area (Å²) in [6, 6.07) is 10.6. The Balaban J connectivity index is 2.89. The molecule has 0 unspecified atom stereocenters. The predicted molar refractivity (Wildman–Crippen MR) is 73.5 cm³/mol. The van der Waals surface area contributed by atoms with Crippen molar-refractivity contribution in [1.29, 1.82) is 10.5 Å². The van der Waals surface area contributed by atoms with Crippen molar-refractivity contribution in [2.24, 2.45) is 0 Å². The lowest BCUT2D eigenvalue weighted by Gasteiger charge is -2.10. The number of nitrogen functional groups attached to an aromatic ring is 1. The Morgan fingerprint density at radius 2 is 1.79 bits per heavy atom. The fraction of sp³-hybridized carbons (Fsp3) is 0. The van der Waals surface area contributed by atoms with E-state index in [-0.39, 0.29) is 22.1 Å². The Bertz CT molecular complexity index is 703. The number of hydrogen-bond donors (Lipinski definition) is 1. The van der Waals surface area contributed by atoms with Crippen LogP contribution in [-0.2, 0) is 0 Å². The van der Waals surface area contributed by atoms with E-state index in [2.05, 4.69) is 4.98 Å². The largest absolute Gasteiger partial charge is 0.383 e. The molecule has 0 atom stereocenters. The number of anilines is 1. The number of pyridine rings is 1. The van der Waals surface area contributed by atoms with Crippen LogP contribution in [0.15, 0.2) is 24.3 Å². The minimum atomic E-state index is -0.0334. The first-order valence-electron chi connectivity index (χ1n) is 5.13. The summed E-state index contributed by atoms with van der Waals surface area (Å²) in [6.07, 6.45) is 0. The average Bonchev–Trinajstić information content (AvgIpc) is 2.38. The lowest BCUT2D eigenvalue weighted by Crippen LogP contribution is -2.01. The maximum absolute atomic E-state index is 9.19. The molecule has 0 bridgehead atoms. The molecular weight excluding hydrogens is 283 g/mol. The predicted octanol–water partition coefficient (Wildman–Crippen LogP) is 3.38. The summed E-state index contributed by atoms with van der Waals surface area (Å²) in [5.74, 6) is -0.0125. The van der Waals surface area contributed by atoms with Crippen LogP contribution in [0, 0.1) is 22.7 Å². The zero-order chi connectivity index (χ0) is 14.0. The van der Waals surface area contributed by atoms with Crippen LogP contribution < -0.4 is 5.73 Å². The lowest BCUT2D eigenvalue weighted by atomic mass is 9.97. The second kappa shape index (κ2) is 5.16. The molecule has 2 N–H and O–H groups in total. The van der Waals surface area contributed by atoms with Crippen LogP contribution in [-0.4, -0.2) is 4.98 Å². The molecule has 6 heteroatoms. The summed E-state index contributed by atoms with van der Waals surface area (Å²) in [5, 5.41) is 18.8. The van der Waals surface area contributed by atoms with Crippen molar-refractivity contribution in [3.8, 4) is 23.3 Å². The van der Waals surface area contributed by atoms with Gasteiger partial charge in [-0.2, -0.15) is 10.5 Å². The molecule has 4 nitrogen and oxygen atoms in total. The molecule has 0 aliphatic heterocycles. The van der Waals surface area contributed by atoms with E-state index in [0.29, 0.717) is 16.1 Å². The minimum Gasteiger partial charge on any atom is -0.383 e. The molecule has 0 saturated heterocycles. The smallest absolute Gasteiger partial charge is 0.149 e. The quantitative estimate of drug-likeness (QED) is 0.815. The van der Waals surface area contributed by atoms with Gasteiger partial charge in [-0.15, -0.1) is 0 Å². The molecule has 0 saturated carbocycles. The van der Waals surface area contributed by atoms with E-state index in [1.165, 1.54) is 0 Å². The number of nitrogens with zero attached hydrogens (tertiary/aromatic N) is 3. The number of hydrogen-bond acceptors (Lipinski definition) is 4. The first-order chi connectivity index (χ1) is 9.08. The van der Waals surface area contributed by atoms with Gasteiger partial charge in [-0.05, 0) is 17.7 Å². The fourth-order valence-corrected chi connectivity index (χ4v) is 2.14. The first kappa shape index (κ1) is 13.2. The van der Waals surface area contributed by atoms with Gasteiger partial charge in [-0.1, -0.05) is 35.3 Å². The van der Waals surface area contributed by atoms with Crippen molar-refractivity contribution < 1.29 is 0 Å². The molecule has 0 spiro atoms. The molecule has 2 rings (SSSR count). The van der Waals surface area contributed by atoms with Crippen LogP contribution in [0.2, 0.25) is 10.2 Å². The number of nitriles is 2. The highest BCUT2D eigenvalue weighted by Gasteiger charge is 2.19. The van der Waals surface area contributed by atoms with Crippen LogP contribution in [0.4, 0.5) is 5.82 Å². The van der Waals surface area contributed by atoms with E-state index < -0.39 is 0 Å². The normalized spacial score (nSPS) is 9.68. The van der Waals surface area contributed by atoms with Gasteiger partial charge in [0.2, 0.25) is 0 Å². The Labute approximate surface area is 119 Å². The van der Waals surface area contributed by atoms with Crippen molar-refractivity contribution in [2.45, 2.75) is 0 Å². The van der Waals surface area contributed by atoms with Crippen LogP contribution >= 0.6 is 23.2 Å². The number of halogens is 2. The van der Waals surface area contributed by atoms with E-state index >= 15 is 0 Å². The van der Waals surface area contributed by atoms with Crippen LogP contribution in [0.3, 0.4) is 0 Å². The zero-order valence-electron chi connectivity index (χ0n) is 9.48. The number of benzene rings is 1. The monoisotopic (exact) mass is 288 g/mol. The highest BCUT2D eigenvalue weighted by atomic mass is 35.5. The maximum Gasteiger partial charge on any atom is 0.149 e. The van der Waals surface area contributed by atoms with E-state index in [9.17, 15) is 10.5 Å². The van der Waals surface area contributed by atoms with Crippen molar-refractivity contribution in [3.05, 3.63) is 45.6 Å². The molecule has 92 valence electrons. The number of nitrogens with two attached hydrogens (primary N) is 1.